The van der Waals surface area contributed by atoms with Gasteiger partial charge in [-0.05, 0) is 13.3 Å². The minimum atomic E-state index is -0.317. The van der Waals surface area contributed by atoms with Gasteiger partial charge in [0.15, 0.2) is 5.69 Å². The summed E-state index contributed by atoms with van der Waals surface area (Å²) in [5, 5.41) is 1.70. The maximum absolute atomic E-state index is 11.3. The first kappa shape index (κ1) is 10.2. The van der Waals surface area contributed by atoms with Crippen molar-refractivity contribution < 1.29 is 9.53 Å². The van der Waals surface area contributed by atoms with E-state index in [1.165, 1.54) is 11.3 Å². The number of nitrogens with zero attached hydrogens (tertiary/aromatic N) is 1. The van der Waals surface area contributed by atoms with Crippen molar-refractivity contribution in [3.05, 3.63) is 16.6 Å². The summed E-state index contributed by atoms with van der Waals surface area (Å²) in [6, 6.07) is 0. The first-order chi connectivity index (χ1) is 6.24. The lowest BCUT2D eigenvalue weighted by molar-refractivity contribution is 0.0317. The van der Waals surface area contributed by atoms with Crippen LogP contribution in [0.15, 0.2) is 10.9 Å². The third-order valence-electron chi connectivity index (χ3n) is 1.64. The molecule has 1 heterocycles. The van der Waals surface area contributed by atoms with Gasteiger partial charge in [-0.1, -0.05) is 13.3 Å². The molecule has 0 saturated heterocycles. The SMILES string of the molecule is CCCC(C)OC(=O)c1cscn1. The highest BCUT2D eigenvalue weighted by Gasteiger charge is 2.12. The highest BCUT2D eigenvalue weighted by Crippen LogP contribution is 2.07. The zero-order chi connectivity index (χ0) is 9.68. The van der Waals surface area contributed by atoms with Gasteiger partial charge in [0.05, 0.1) is 11.6 Å². The minimum absolute atomic E-state index is 0.0146. The Labute approximate surface area is 81.8 Å². The average molecular weight is 199 g/mol. The van der Waals surface area contributed by atoms with Gasteiger partial charge in [-0.25, -0.2) is 9.78 Å². The summed E-state index contributed by atoms with van der Waals surface area (Å²) in [6.45, 7) is 3.96. The van der Waals surface area contributed by atoms with Crippen LogP contribution in [0, 0.1) is 0 Å². The van der Waals surface area contributed by atoms with Gasteiger partial charge < -0.3 is 4.74 Å². The molecule has 0 spiro atoms. The third-order valence-corrected chi connectivity index (χ3v) is 2.23. The lowest BCUT2D eigenvalue weighted by Gasteiger charge is -2.10. The van der Waals surface area contributed by atoms with E-state index in [4.69, 9.17) is 4.74 Å². The molecule has 1 unspecified atom stereocenters. The van der Waals surface area contributed by atoms with Crippen LogP contribution < -0.4 is 0 Å². The number of rotatable bonds is 4. The summed E-state index contributed by atoms with van der Waals surface area (Å²) in [5.74, 6) is -0.317. The van der Waals surface area contributed by atoms with Gasteiger partial charge in [0.1, 0.15) is 0 Å². The van der Waals surface area contributed by atoms with Crippen LogP contribution in [0.3, 0.4) is 0 Å². The normalized spacial score (nSPS) is 12.5. The van der Waals surface area contributed by atoms with E-state index in [9.17, 15) is 4.79 Å². The molecule has 1 atom stereocenters. The Morgan fingerprint density at radius 1 is 1.77 bits per heavy atom. The topological polar surface area (TPSA) is 39.2 Å². The molecule has 0 aromatic carbocycles. The number of ether oxygens (including phenoxy) is 1. The van der Waals surface area contributed by atoms with E-state index < -0.39 is 0 Å². The standard InChI is InChI=1S/C9H13NO2S/c1-3-4-7(2)12-9(11)8-5-13-6-10-8/h5-7H,3-4H2,1-2H3. The highest BCUT2D eigenvalue weighted by molar-refractivity contribution is 7.07. The van der Waals surface area contributed by atoms with Crippen molar-refractivity contribution in [2.45, 2.75) is 32.8 Å². The second kappa shape index (κ2) is 4.97. The summed E-state index contributed by atoms with van der Waals surface area (Å²) < 4.78 is 5.14. The molecule has 0 saturated carbocycles. The highest BCUT2D eigenvalue weighted by atomic mass is 32.1. The Kier molecular flexibility index (Phi) is 3.89. The molecule has 3 nitrogen and oxygen atoms in total. The molecule has 0 bridgehead atoms. The molecule has 1 aromatic rings. The van der Waals surface area contributed by atoms with Gasteiger partial charge in [0.25, 0.3) is 0 Å². The first-order valence-electron chi connectivity index (χ1n) is 4.33. The van der Waals surface area contributed by atoms with Gasteiger partial charge in [-0.2, -0.15) is 0 Å². The number of aromatic nitrogens is 1. The molecule has 1 aromatic heterocycles. The summed E-state index contributed by atoms with van der Waals surface area (Å²) in [4.78, 5) is 15.2. The van der Waals surface area contributed by atoms with Crippen LogP contribution in [0.4, 0.5) is 0 Å². The molecular formula is C9H13NO2S. The monoisotopic (exact) mass is 199 g/mol. The molecule has 0 radical (unpaired) electrons. The number of thiazole rings is 1. The van der Waals surface area contributed by atoms with Crippen LogP contribution in [0.5, 0.6) is 0 Å². The maximum atomic E-state index is 11.3. The minimum Gasteiger partial charge on any atom is -0.458 e. The molecule has 0 fully saturated rings. The van der Waals surface area contributed by atoms with Crippen LogP contribution in [0.1, 0.15) is 37.2 Å². The molecule has 0 N–H and O–H groups in total. The first-order valence-corrected chi connectivity index (χ1v) is 5.27. The number of hydrogen-bond donors (Lipinski definition) is 0. The summed E-state index contributed by atoms with van der Waals surface area (Å²) in [7, 11) is 0. The van der Waals surface area contributed by atoms with Crippen LogP contribution >= 0.6 is 11.3 Å². The summed E-state index contributed by atoms with van der Waals surface area (Å²) in [6.07, 6.45) is 1.90. The van der Waals surface area contributed by atoms with Gasteiger partial charge >= 0.3 is 5.97 Å². The lowest BCUT2D eigenvalue weighted by Crippen LogP contribution is -2.14. The average Bonchev–Trinajstić information content (AvgIpc) is 2.55. The van der Waals surface area contributed by atoms with Crippen molar-refractivity contribution in [2.75, 3.05) is 0 Å². The van der Waals surface area contributed by atoms with Crippen LogP contribution in [0.25, 0.3) is 0 Å². The predicted molar refractivity (Wildman–Crippen MR) is 51.9 cm³/mol. The quantitative estimate of drug-likeness (QED) is 0.699. The number of carbonyl (C=O) groups is 1. The Morgan fingerprint density at radius 3 is 3.08 bits per heavy atom. The van der Waals surface area contributed by atoms with Crippen LogP contribution in [-0.2, 0) is 4.74 Å². The van der Waals surface area contributed by atoms with E-state index in [2.05, 4.69) is 11.9 Å². The van der Waals surface area contributed by atoms with Gasteiger partial charge in [0, 0.05) is 5.38 Å². The van der Waals surface area contributed by atoms with Crippen molar-refractivity contribution in [3.63, 3.8) is 0 Å². The molecule has 0 amide bonds. The number of hydrogen-bond acceptors (Lipinski definition) is 4. The zero-order valence-corrected chi connectivity index (χ0v) is 8.63. The molecule has 1 rings (SSSR count). The summed E-state index contributed by atoms with van der Waals surface area (Å²) in [5.41, 5.74) is 2.04. The maximum Gasteiger partial charge on any atom is 0.358 e. The van der Waals surface area contributed by atoms with E-state index in [1.54, 1.807) is 10.9 Å². The molecular weight excluding hydrogens is 186 g/mol. The molecule has 0 aliphatic carbocycles. The van der Waals surface area contributed by atoms with Crippen molar-refractivity contribution in [2.24, 2.45) is 0 Å². The molecule has 13 heavy (non-hydrogen) atoms. The molecule has 0 aliphatic heterocycles. The largest absolute Gasteiger partial charge is 0.458 e. The van der Waals surface area contributed by atoms with E-state index in [-0.39, 0.29) is 12.1 Å². The molecule has 0 aliphatic rings. The van der Waals surface area contributed by atoms with Crippen molar-refractivity contribution >= 4 is 17.3 Å². The fourth-order valence-electron chi connectivity index (χ4n) is 1.02. The number of esters is 1. The Hall–Kier alpha value is -0.900. The second-order valence-corrected chi connectivity index (χ2v) is 3.60. The number of carbonyl (C=O) groups excluding carboxylic acids is 1. The smallest absolute Gasteiger partial charge is 0.358 e. The molecule has 4 heteroatoms. The van der Waals surface area contributed by atoms with Crippen LogP contribution in [-0.4, -0.2) is 17.1 Å². The van der Waals surface area contributed by atoms with E-state index in [1.807, 2.05) is 6.92 Å². The lowest BCUT2D eigenvalue weighted by atomic mass is 10.2. The van der Waals surface area contributed by atoms with Gasteiger partial charge in [0.2, 0.25) is 0 Å². The predicted octanol–water partition coefficient (Wildman–Crippen LogP) is 2.49. The molecule has 72 valence electrons. The Morgan fingerprint density at radius 2 is 2.54 bits per heavy atom. The fraction of sp³-hybridized carbons (Fsp3) is 0.556. The third kappa shape index (κ3) is 3.14. The van der Waals surface area contributed by atoms with E-state index >= 15 is 0 Å². The van der Waals surface area contributed by atoms with Crippen molar-refractivity contribution in [1.29, 1.82) is 0 Å². The zero-order valence-electron chi connectivity index (χ0n) is 7.82. The Balaban J connectivity index is 2.42. The van der Waals surface area contributed by atoms with E-state index in [0.29, 0.717) is 5.69 Å². The fourth-order valence-corrected chi connectivity index (χ4v) is 1.54. The summed E-state index contributed by atoms with van der Waals surface area (Å²) >= 11 is 1.40. The van der Waals surface area contributed by atoms with E-state index in [0.717, 1.165) is 12.8 Å². The van der Waals surface area contributed by atoms with Crippen molar-refractivity contribution in [3.8, 4) is 0 Å². The second-order valence-electron chi connectivity index (χ2n) is 2.88. The van der Waals surface area contributed by atoms with Crippen molar-refractivity contribution in [1.82, 2.24) is 4.98 Å². The van der Waals surface area contributed by atoms with Gasteiger partial charge in [-0.15, -0.1) is 11.3 Å². The van der Waals surface area contributed by atoms with Crippen LogP contribution in [0.2, 0.25) is 0 Å². The van der Waals surface area contributed by atoms with Gasteiger partial charge in [-0.3, -0.25) is 0 Å². The Bertz CT molecular complexity index is 259.